The summed E-state index contributed by atoms with van der Waals surface area (Å²) in [6.07, 6.45) is 0. The van der Waals surface area contributed by atoms with Crippen LogP contribution in [0.3, 0.4) is 0 Å². The number of carboxylic acids is 1. The smallest absolute Gasteiger partial charge is 0.237 e. The van der Waals surface area contributed by atoms with E-state index in [0.29, 0.717) is 11.3 Å². The van der Waals surface area contributed by atoms with Crippen molar-refractivity contribution < 1.29 is 19.1 Å². The van der Waals surface area contributed by atoms with Gasteiger partial charge in [0.2, 0.25) is 5.91 Å². The summed E-state index contributed by atoms with van der Waals surface area (Å²) in [6, 6.07) is 10.5. The summed E-state index contributed by atoms with van der Waals surface area (Å²) in [5, 5.41) is 11.0. The number of carbonyl (C=O) groups excluding carboxylic acids is 2. The quantitative estimate of drug-likeness (QED) is 0.867. The maximum absolute atomic E-state index is 13.3. The second-order valence-electron chi connectivity index (χ2n) is 4.87. The third kappa shape index (κ3) is 2.82. The second-order valence-corrected chi connectivity index (χ2v) is 5.89. The molecule has 22 heavy (non-hydrogen) atoms. The van der Waals surface area contributed by atoms with Gasteiger partial charge in [-0.1, -0.05) is 18.2 Å². The fourth-order valence-electron chi connectivity index (χ4n) is 2.32. The number of hydrogen-bond acceptors (Lipinski definition) is 4. The molecule has 1 amide bonds. The topological polar surface area (TPSA) is 60.4 Å². The molecule has 0 radical (unpaired) electrons. The lowest BCUT2D eigenvalue weighted by Crippen LogP contribution is -2.35. The molecule has 2 aromatic rings. The largest absolute Gasteiger partial charge is 0.545 e. The normalized spacial score (nSPS) is 13.9. The molecule has 0 atom stereocenters. The number of amides is 1. The highest BCUT2D eigenvalue weighted by molar-refractivity contribution is 8.00. The second kappa shape index (κ2) is 5.81. The summed E-state index contributed by atoms with van der Waals surface area (Å²) >= 11 is 1.36. The van der Waals surface area contributed by atoms with Crippen LogP contribution in [0.2, 0.25) is 0 Å². The van der Waals surface area contributed by atoms with Gasteiger partial charge >= 0.3 is 0 Å². The average Bonchev–Trinajstić information content (AvgIpc) is 2.49. The van der Waals surface area contributed by atoms with Gasteiger partial charge in [0.15, 0.2) is 0 Å². The number of nitrogens with zero attached hydrogens (tertiary/aromatic N) is 1. The molecular formula is C16H11FNO3S-. The monoisotopic (exact) mass is 316 g/mol. The van der Waals surface area contributed by atoms with Gasteiger partial charge in [0.1, 0.15) is 5.82 Å². The molecule has 0 fully saturated rings. The number of fused-ring (bicyclic) bond motifs is 1. The summed E-state index contributed by atoms with van der Waals surface area (Å²) in [6.45, 7) is 0.195. The number of hydrogen-bond donors (Lipinski definition) is 0. The Labute approximate surface area is 130 Å². The van der Waals surface area contributed by atoms with Crippen LogP contribution in [-0.2, 0) is 11.3 Å². The first-order valence-electron chi connectivity index (χ1n) is 6.57. The van der Waals surface area contributed by atoms with Gasteiger partial charge in [0.05, 0.1) is 24.0 Å². The highest BCUT2D eigenvalue weighted by Crippen LogP contribution is 2.36. The molecule has 3 rings (SSSR count). The fraction of sp³-hybridized carbons (Fsp3) is 0.125. The fourth-order valence-corrected chi connectivity index (χ4v) is 3.24. The minimum Gasteiger partial charge on any atom is -0.545 e. The standard InChI is InChI=1S/C16H12FNO3S/c17-12-3-1-2-10(6-12)8-18-13-7-11(16(20)21)4-5-14(13)22-9-15(18)19/h1-7H,8-9H2,(H,20,21)/p-1. The Hall–Kier alpha value is -2.34. The number of anilines is 1. The molecule has 0 saturated carbocycles. The third-order valence-corrected chi connectivity index (χ3v) is 4.41. The van der Waals surface area contributed by atoms with Gasteiger partial charge in [0, 0.05) is 4.90 Å². The first-order valence-corrected chi connectivity index (χ1v) is 7.56. The van der Waals surface area contributed by atoms with Crippen LogP contribution in [0.4, 0.5) is 10.1 Å². The molecule has 0 saturated heterocycles. The van der Waals surface area contributed by atoms with Crippen LogP contribution in [0.1, 0.15) is 15.9 Å². The number of rotatable bonds is 3. The van der Waals surface area contributed by atoms with Gasteiger partial charge in [0.25, 0.3) is 0 Å². The molecule has 0 aliphatic carbocycles. The Balaban J connectivity index is 1.99. The van der Waals surface area contributed by atoms with Crippen molar-refractivity contribution in [3.63, 3.8) is 0 Å². The van der Waals surface area contributed by atoms with Crippen LogP contribution in [-0.4, -0.2) is 17.6 Å². The Kier molecular flexibility index (Phi) is 3.85. The molecule has 2 aromatic carbocycles. The summed E-state index contributed by atoms with van der Waals surface area (Å²) < 4.78 is 13.3. The number of thioether (sulfide) groups is 1. The summed E-state index contributed by atoms with van der Waals surface area (Å²) in [5.41, 5.74) is 1.18. The van der Waals surface area contributed by atoms with Crippen molar-refractivity contribution in [3.05, 3.63) is 59.4 Å². The molecule has 0 unspecified atom stereocenters. The number of aromatic carboxylic acids is 1. The number of benzene rings is 2. The Morgan fingerprint density at radius 2 is 2.09 bits per heavy atom. The average molecular weight is 316 g/mol. The van der Waals surface area contributed by atoms with Gasteiger partial charge in [-0.05, 0) is 35.4 Å². The SMILES string of the molecule is O=C([O-])c1ccc2c(c1)N(Cc1cccc(F)c1)C(=O)CS2. The molecule has 1 aliphatic rings. The van der Waals surface area contributed by atoms with Gasteiger partial charge in [-0.15, -0.1) is 11.8 Å². The third-order valence-electron chi connectivity index (χ3n) is 3.37. The number of carbonyl (C=O) groups is 2. The van der Waals surface area contributed by atoms with Crippen molar-refractivity contribution in [2.24, 2.45) is 0 Å². The molecule has 0 spiro atoms. The van der Waals surface area contributed by atoms with Crippen LogP contribution in [0, 0.1) is 5.82 Å². The van der Waals surface area contributed by atoms with Gasteiger partial charge < -0.3 is 14.8 Å². The lowest BCUT2D eigenvalue weighted by molar-refractivity contribution is -0.255. The number of halogens is 1. The van der Waals surface area contributed by atoms with Gasteiger partial charge in [-0.25, -0.2) is 4.39 Å². The van der Waals surface area contributed by atoms with Crippen LogP contribution in [0.25, 0.3) is 0 Å². The van der Waals surface area contributed by atoms with Crippen molar-refractivity contribution in [1.29, 1.82) is 0 Å². The van der Waals surface area contributed by atoms with E-state index in [0.717, 1.165) is 4.90 Å². The molecule has 1 heterocycles. The lowest BCUT2D eigenvalue weighted by atomic mass is 10.1. The molecule has 0 N–H and O–H groups in total. The molecule has 0 bridgehead atoms. The van der Waals surface area contributed by atoms with E-state index in [1.54, 1.807) is 18.2 Å². The molecule has 1 aliphatic heterocycles. The van der Waals surface area contributed by atoms with E-state index in [1.807, 2.05) is 0 Å². The van der Waals surface area contributed by atoms with E-state index >= 15 is 0 Å². The Bertz CT molecular complexity index is 763. The van der Waals surface area contributed by atoms with Gasteiger partial charge in [-0.3, -0.25) is 4.79 Å². The van der Waals surface area contributed by atoms with Crippen molar-refractivity contribution in [3.8, 4) is 0 Å². The van der Waals surface area contributed by atoms with E-state index in [-0.39, 0.29) is 29.6 Å². The maximum atomic E-state index is 13.3. The molecule has 0 aromatic heterocycles. The van der Waals surface area contributed by atoms with E-state index in [4.69, 9.17) is 0 Å². The Morgan fingerprint density at radius 1 is 1.27 bits per heavy atom. The minimum atomic E-state index is -1.29. The summed E-state index contributed by atoms with van der Waals surface area (Å²) in [5.74, 6) is -1.54. The van der Waals surface area contributed by atoms with E-state index in [9.17, 15) is 19.1 Å². The van der Waals surface area contributed by atoms with Gasteiger partial charge in [-0.2, -0.15) is 0 Å². The molecule has 4 nitrogen and oxygen atoms in total. The van der Waals surface area contributed by atoms with Crippen molar-refractivity contribution in [1.82, 2.24) is 0 Å². The highest BCUT2D eigenvalue weighted by atomic mass is 32.2. The molecule has 6 heteroatoms. The zero-order valence-corrected chi connectivity index (χ0v) is 12.2. The molecule has 112 valence electrons. The van der Waals surface area contributed by atoms with E-state index in [2.05, 4.69) is 0 Å². The highest BCUT2D eigenvalue weighted by Gasteiger charge is 2.25. The predicted octanol–water partition coefficient (Wildman–Crippen LogP) is 1.83. The zero-order chi connectivity index (χ0) is 15.7. The summed E-state index contributed by atoms with van der Waals surface area (Å²) in [4.78, 5) is 25.5. The van der Waals surface area contributed by atoms with Crippen molar-refractivity contribution >= 4 is 29.3 Å². The zero-order valence-electron chi connectivity index (χ0n) is 11.4. The summed E-state index contributed by atoms with van der Waals surface area (Å²) in [7, 11) is 0. The van der Waals surface area contributed by atoms with Crippen LogP contribution < -0.4 is 10.0 Å². The maximum Gasteiger partial charge on any atom is 0.237 e. The Morgan fingerprint density at radius 3 is 2.82 bits per heavy atom. The minimum absolute atomic E-state index is 0.0123. The predicted molar refractivity (Wildman–Crippen MR) is 79.1 cm³/mol. The lowest BCUT2D eigenvalue weighted by Gasteiger charge is -2.29. The van der Waals surface area contributed by atoms with E-state index < -0.39 is 5.97 Å². The first-order chi connectivity index (χ1) is 10.5. The first kappa shape index (κ1) is 14.6. The van der Waals surface area contributed by atoms with Crippen LogP contribution >= 0.6 is 11.8 Å². The van der Waals surface area contributed by atoms with Crippen molar-refractivity contribution in [2.45, 2.75) is 11.4 Å². The van der Waals surface area contributed by atoms with E-state index in [1.165, 1.54) is 40.9 Å². The van der Waals surface area contributed by atoms with Crippen molar-refractivity contribution in [2.75, 3.05) is 10.7 Å². The van der Waals surface area contributed by atoms with Crippen LogP contribution in [0.5, 0.6) is 0 Å². The van der Waals surface area contributed by atoms with Crippen LogP contribution in [0.15, 0.2) is 47.4 Å². The molecular weight excluding hydrogens is 305 g/mol. The number of carboxylic acid groups (broad SMARTS) is 1.